The van der Waals surface area contributed by atoms with Crippen LogP contribution in [0.15, 0.2) is 48.5 Å². The fourth-order valence-electron chi connectivity index (χ4n) is 3.71. The van der Waals surface area contributed by atoms with Crippen LogP contribution >= 0.6 is 11.6 Å². The Kier molecular flexibility index (Phi) is 7.31. The van der Waals surface area contributed by atoms with Crippen molar-refractivity contribution in [2.75, 3.05) is 5.32 Å². The van der Waals surface area contributed by atoms with Gasteiger partial charge in [-0.3, -0.25) is 10.1 Å². The number of aryl methyl sites for hydroxylation is 1. The molecule has 0 aromatic heterocycles. The SMILES string of the molecule is Cc1ccc(NC(=O)C(NC2CCCCCCC2)c2ccccc2)cc1Cl. The Labute approximate surface area is 167 Å². The van der Waals surface area contributed by atoms with Gasteiger partial charge in [0.05, 0.1) is 0 Å². The molecule has 2 aromatic carbocycles. The first-order valence-corrected chi connectivity index (χ1v) is 10.4. The van der Waals surface area contributed by atoms with Crippen molar-refractivity contribution >= 4 is 23.2 Å². The molecule has 0 radical (unpaired) electrons. The van der Waals surface area contributed by atoms with Crippen LogP contribution in [0.1, 0.15) is 62.1 Å². The van der Waals surface area contributed by atoms with Crippen molar-refractivity contribution < 1.29 is 4.79 Å². The van der Waals surface area contributed by atoms with E-state index in [-0.39, 0.29) is 11.9 Å². The Hall–Kier alpha value is -1.84. The lowest BCUT2D eigenvalue weighted by molar-refractivity contribution is -0.118. The van der Waals surface area contributed by atoms with E-state index in [0.29, 0.717) is 11.1 Å². The number of amides is 1. The van der Waals surface area contributed by atoms with Crippen LogP contribution in [0.5, 0.6) is 0 Å². The summed E-state index contributed by atoms with van der Waals surface area (Å²) in [6.45, 7) is 1.96. The largest absolute Gasteiger partial charge is 0.324 e. The van der Waals surface area contributed by atoms with Crippen LogP contribution in [-0.2, 0) is 4.79 Å². The fourth-order valence-corrected chi connectivity index (χ4v) is 3.89. The highest BCUT2D eigenvalue weighted by molar-refractivity contribution is 6.31. The molecule has 4 heteroatoms. The van der Waals surface area contributed by atoms with E-state index in [4.69, 9.17) is 11.6 Å². The molecule has 0 bridgehead atoms. The first kappa shape index (κ1) is 19.9. The van der Waals surface area contributed by atoms with E-state index in [1.54, 1.807) is 0 Å². The molecule has 0 heterocycles. The minimum Gasteiger partial charge on any atom is -0.324 e. The molecule has 2 aromatic rings. The van der Waals surface area contributed by atoms with Gasteiger partial charge in [0.15, 0.2) is 0 Å². The van der Waals surface area contributed by atoms with Gasteiger partial charge in [-0.2, -0.15) is 0 Å². The van der Waals surface area contributed by atoms with Gasteiger partial charge >= 0.3 is 0 Å². The monoisotopic (exact) mass is 384 g/mol. The minimum atomic E-state index is -0.365. The zero-order chi connectivity index (χ0) is 19.1. The van der Waals surface area contributed by atoms with E-state index in [1.165, 1.54) is 32.1 Å². The van der Waals surface area contributed by atoms with E-state index >= 15 is 0 Å². The Balaban J connectivity index is 1.76. The third kappa shape index (κ3) is 5.82. The molecule has 1 unspecified atom stereocenters. The molecule has 1 atom stereocenters. The van der Waals surface area contributed by atoms with Crippen LogP contribution in [0.25, 0.3) is 0 Å². The van der Waals surface area contributed by atoms with Crippen LogP contribution in [0.4, 0.5) is 5.69 Å². The second kappa shape index (κ2) is 9.91. The predicted octanol–water partition coefficient (Wildman–Crippen LogP) is 6.03. The van der Waals surface area contributed by atoms with Crippen LogP contribution in [0.2, 0.25) is 5.02 Å². The average Bonchev–Trinajstić information content (AvgIpc) is 2.64. The number of benzene rings is 2. The molecule has 1 amide bonds. The van der Waals surface area contributed by atoms with Crippen molar-refractivity contribution in [3.8, 4) is 0 Å². The third-order valence-corrected chi connectivity index (χ3v) is 5.75. The highest BCUT2D eigenvalue weighted by atomic mass is 35.5. The molecule has 0 spiro atoms. The molecule has 1 aliphatic rings. The van der Waals surface area contributed by atoms with Gasteiger partial charge in [0.1, 0.15) is 6.04 Å². The van der Waals surface area contributed by atoms with Gasteiger partial charge in [0.25, 0.3) is 0 Å². The number of carbonyl (C=O) groups excluding carboxylic acids is 1. The number of carbonyl (C=O) groups is 1. The summed E-state index contributed by atoms with van der Waals surface area (Å²) in [7, 11) is 0. The summed E-state index contributed by atoms with van der Waals surface area (Å²) < 4.78 is 0. The van der Waals surface area contributed by atoms with Crippen molar-refractivity contribution in [2.24, 2.45) is 0 Å². The quantitative estimate of drug-likeness (QED) is 0.660. The fraction of sp³-hybridized carbons (Fsp3) is 0.435. The Morgan fingerprint density at radius 2 is 1.67 bits per heavy atom. The summed E-state index contributed by atoms with van der Waals surface area (Å²) in [4.78, 5) is 13.1. The Bertz CT molecular complexity index is 739. The molecule has 2 N–H and O–H groups in total. The van der Waals surface area contributed by atoms with Gasteiger partial charge in [-0.1, -0.05) is 80.1 Å². The normalized spacial score (nSPS) is 17.0. The lowest BCUT2D eigenvalue weighted by Gasteiger charge is -2.27. The van der Waals surface area contributed by atoms with E-state index in [0.717, 1.165) is 29.7 Å². The first-order valence-electron chi connectivity index (χ1n) is 10.0. The smallest absolute Gasteiger partial charge is 0.246 e. The van der Waals surface area contributed by atoms with Gasteiger partial charge in [-0.25, -0.2) is 0 Å². The summed E-state index contributed by atoms with van der Waals surface area (Å²) >= 11 is 6.22. The summed E-state index contributed by atoms with van der Waals surface area (Å²) in [5.41, 5.74) is 2.73. The van der Waals surface area contributed by atoms with Crippen molar-refractivity contribution in [3.05, 3.63) is 64.7 Å². The summed E-state index contributed by atoms with van der Waals surface area (Å²) in [6, 6.07) is 15.6. The van der Waals surface area contributed by atoms with E-state index < -0.39 is 0 Å². The Morgan fingerprint density at radius 1 is 1.00 bits per heavy atom. The van der Waals surface area contributed by atoms with Gasteiger partial charge < -0.3 is 5.32 Å². The number of anilines is 1. The predicted molar refractivity (Wildman–Crippen MR) is 113 cm³/mol. The molecule has 1 saturated carbocycles. The van der Waals surface area contributed by atoms with Gasteiger partial charge in [0.2, 0.25) is 5.91 Å². The maximum Gasteiger partial charge on any atom is 0.246 e. The first-order chi connectivity index (χ1) is 13.1. The number of hydrogen-bond acceptors (Lipinski definition) is 2. The molecule has 144 valence electrons. The average molecular weight is 385 g/mol. The molecular weight excluding hydrogens is 356 g/mol. The molecule has 3 nitrogen and oxygen atoms in total. The van der Waals surface area contributed by atoms with Crippen molar-refractivity contribution in [1.29, 1.82) is 0 Å². The molecule has 27 heavy (non-hydrogen) atoms. The lowest BCUT2D eigenvalue weighted by Crippen LogP contribution is -2.40. The van der Waals surface area contributed by atoms with Crippen LogP contribution in [0.3, 0.4) is 0 Å². The van der Waals surface area contributed by atoms with Gasteiger partial charge in [-0.05, 0) is 43.0 Å². The van der Waals surface area contributed by atoms with Crippen LogP contribution < -0.4 is 10.6 Å². The lowest BCUT2D eigenvalue weighted by atomic mass is 9.95. The third-order valence-electron chi connectivity index (χ3n) is 5.34. The van der Waals surface area contributed by atoms with E-state index in [2.05, 4.69) is 10.6 Å². The maximum absolute atomic E-state index is 13.1. The second-order valence-corrected chi connectivity index (χ2v) is 7.91. The van der Waals surface area contributed by atoms with Crippen molar-refractivity contribution in [2.45, 2.75) is 64.0 Å². The van der Waals surface area contributed by atoms with E-state index in [1.807, 2.05) is 55.5 Å². The van der Waals surface area contributed by atoms with Gasteiger partial charge in [-0.15, -0.1) is 0 Å². The molecule has 1 aliphatic carbocycles. The second-order valence-electron chi connectivity index (χ2n) is 7.51. The molecule has 0 aliphatic heterocycles. The number of rotatable bonds is 5. The van der Waals surface area contributed by atoms with E-state index in [9.17, 15) is 4.79 Å². The number of hydrogen-bond donors (Lipinski definition) is 2. The standard InChI is InChI=1S/C23H29ClN2O/c1-17-14-15-20(16-21(17)24)26-23(27)22(18-10-6-5-7-11-18)25-19-12-8-3-2-4-9-13-19/h5-7,10-11,14-16,19,22,25H,2-4,8-9,12-13H2,1H3,(H,26,27). The minimum absolute atomic E-state index is 0.0387. The highest BCUT2D eigenvalue weighted by Crippen LogP contribution is 2.24. The number of halogens is 1. The van der Waals surface area contributed by atoms with Crippen molar-refractivity contribution in [3.63, 3.8) is 0 Å². The van der Waals surface area contributed by atoms with Crippen LogP contribution in [-0.4, -0.2) is 11.9 Å². The van der Waals surface area contributed by atoms with Gasteiger partial charge in [0, 0.05) is 16.8 Å². The Morgan fingerprint density at radius 3 is 2.33 bits per heavy atom. The maximum atomic E-state index is 13.1. The molecular formula is C23H29ClN2O. The summed E-state index contributed by atoms with van der Waals surface area (Å²) in [6.07, 6.45) is 8.65. The topological polar surface area (TPSA) is 41.1 Å². The molecule has 1 fully saturated rings. The number of nitrogens with one attached hydrogen (secondary N) is 2. The molecule has 3 rings (SSSR count). The van der Waals surface area contributed by atoms with Crippen LogP contribution in [0, 0.1) is 6.92 Å². The van der Waals surface area contributed by atoms with Crippen molar-refractivity contribution in [1.82, 2.24) is 5.32 Å². The zero-order valence-electron chi connectivity index (χ0n) is 16.0. The summed E-state index contributed by atoms with van der Waals surface area (Å²) in [5.74, 6) is -0.0387. The zero-order valence-corrected chi connectivity index (χ0v) is 16.8. The molecule has 0 saturated heterocycles. The highest BCUT2D eigenvalue weighted by Gasteiger charge is 2.24. The summed E-state index contributed by atoms with van der Waals surface area (Å²) in [5, 5.41) is 7.35.